The second-order valence-electron chi connectivity index (χ2n) is 7.80. The van der Waals surface area contributed by atoms with Gasteiger partial charge in [0.2, 0.25) is 17.7 Å². The fourth-order valence-corrected chi connectivity index (χ4v) is 4.72. The highest BCUT2D eigenvalue weighted by Gasteiger charge is 2.48. The molecule has 1 saturated heterocycles. The van der Waals surface area contributed by atoms with Crippen LogP contribution in [0.1, 0.15) is 36.8 Å². The molecule has 1 aromatic carbocycles. The van der Waals surface area contributed by atoms with E-state index in [4.69, 9.17) is 9.47 Å². The molecule has 1 saturated carbocycles. The minimum Gasteiger partial charge on any atom is -0.493 e. The van der Waals surface area contributed by atoms with Gasteiger partial charge in [-0.1, -0.05) is 12.8 Å². The number of nitrogens with zero attached hydrogens (tertiary/aromatic N) is 2. The van der Waals surface area contributed by atoms with Crippen molar-refractivity contribution in [1.82, 2.24) is 9.80 Å². The number of methoxy groups -OCH3 is 2. The normalized spacial score (nSPS) is 24.1. The summed E-state index contributed by atoms with van der Waals surface area (Å²) < 4.78 is 10.7. The number of hydrogen-bond acceptors (Lipinski definition) is 5. The molecule has 7 heteroatoms. The summed E-state index contributed by atoms with van der Waals surface area (Å²) in [5.41, 5.74) is 2.13. The molecule has 4 rings (SSSR count). The van der Waals surface area contributed by atoms with Gasteiger partial charge in [-0.3, -0.25) is 19.3 Å². The van der Waals surface area contributed by atoms with Gasteiger partial charge in [-0.25, -0.2) is 0 Å². The fraction of sp³-hybridized carbons (Fsp3) is 0.571. The van der Waals surface area contributed by atoms with Crippen LogP contribution in [0.5, 0.6) is 11.5 Å². The van der Waals surface area contributed by atoms with Crippen LogP contribution in [0.15, 0.2) is 12.1 Å². The summed E-state index contributed by atoms with van der Waals surface area (Å²) in [5, 5.41) is 0. The highest BCUT2D eigenvalue weighted by Crippen LogP contribution is 2.38. The van der Waals surface area contributed by atoms with Gasteiger partial charge in [-0.2, -0.15) is 0 Å². The summed E-state index contributed by atoms with van der Waals surface area (Å²) in [4.78, 5) is 41.0. The van der Waals surface area contributed by atoms with E-state index in [1.807, 2.05) is 12.1 Å². The summed E-state index contributed by atoms with van der Waals surface area (Å²) >= 11 is 0. The maximum Gasteiger partial charge on any atom is 0.243 e. The van der Waals surface area contributed by atoms with Crippen molar-refractivity contribution in [3.05, 3.63) is 23.3 Å². The molecule has 0 N–H and O–H groups in total. The fourth-order valence-electron chi connectivity index (χ4n) is 4.72. The number of imide groups is 1. The van der Waals surface area contributed by atoms with E-state index in [1.165, 1.54) is 4.90 Å². The van der Waals surface area contributed by atoms with Crippen molar-refractivity contribution in [1.29, 1.82) is 0 Å². The highest BCUT2D eigenvalue weighted by atomic mass is 16.5. The zero-order chi connectivity index (χ0) is 19.8. The SMILES string of the molecule is COc1cc2c(cc1OC)CN(C(=O)CN1C(=O)C3CCCCC3C1=O)CC2. The molecule has 2 aliphatic heterocycles. The summed E-state index contributed by atoms with van der Waals surface area (Å²) in [6.07, 6.45) is 4.19. The van der Waals surface area contributed by atoms with Crippen LogP contribution in [0.4, 0.5) is 0 Å². The Morgan fingerprint density at radius 3 is 2.14 bits per heavy atom. The van der Waals surface area contributed by atoms with Gasteiger partial charge in [0, 0.05) is 13.1 Å². The zero-order valence-corrected chi connectivity index (χ0v) is 16.4. The van der Waals surface area contributed by atoms with Gasteiger partial charge < -0.3 is 14.4 Å². The maximum absolute atomic E-state index is 12.9. The molecule has 0 aromatic heterocycles. The molecule has 1 aromatic rings. The molecule has 0 radical (unpaired) electrons. The molecular formula is C21H26N2O5. The number of hydrogen-bond donors (Lipinski definition) is 0. The third kappa shape index (κ3) is 3.12. The van der Waals surface area contributed by atoms with E-state index in [-0.39, 0.29) is 36.1 Å². The number of ether oxygens (including phenoxy) is 2. The van der Waals surface area contributed by atoms with Crippen molar-refractivity contribution in [3.8, 4) is 11.5 Å². The summed E-state index contributed by atoms with van der Waals surface area (Å²) in [5.74, 6) is 0.377. The molecule has 28 heavy (non-hydrogen) atoms. The Balaban J connectivity index is 1.47. The predicted octanol–water partition coefficient (Wildman–Crippen LogP) is 1.76. The van der Waals surface area contributed by atoms with Crippen LogP contribution in [-0.2, 0) is 27.3 Å². The molecule has 150 valence electrons. The molecule has 7 nitrogen and oxygen atoms in total. The number of benzene rings is 1. The molecule has 3 amide bonds. The summed E-state index contributed by atoms with van der Waals surface area (Å²) in [7, 11) is 3.19. The van der Waals surface area contributed by atoms with Crippen LogP contribution >= 0.6 is 0 Å². The standard InChI is InChI=1S/C21H26N2O5/c1-27-17-9-13-7-8-22(11-14(13)10-18(17)28-2)19(24)12-23-20(25)15-5-3-4-6-16(15)21(23)26/h9-10,15-16H,3-8,11-12H2,1-2H3. The van der Waals surface area contributed by atoms with E-state index in [9.17, 15) is 14.4 Å². The van der Waals surface area contributed by atoms with Gasteiger partial charge in [0.15, 0.2) is 11.5 Å². The zero-order valence-electron chi connectivity index (χ0n) is 16.4. The van der Waals surface area contributed by atoms with Gasteiger partial charge in [0.25, 0.3) is 0 Å². The molecule has 2 unspecified atom stereocenters. The van der Waals surface area contributed by atoms with Crippen molar-refractivity contribution < 1.29 is 23.9 Å². The Bertz CT molecular complexity index is 797. The number of carbonyl (C=O) groups excluding carboxylic acids is 3. The monoisotopic (exact) mass is 386 g/mol. The van der Waals surface area contributed by atoms with Crippen LogP contribution in [0, 0.1) is 11.8 Å². The van der Waals surface area contributed by atoms with Crippen molar-refractivity contribution >= 4 is 17.7 Å². The third-order valence-electron chi connectivity index (χ3n) is 6.30. The van der Waals surface area contributed by atoms with Gasteiger partial charge in [0.1, 0.15) is 6.54 Å². The molecule has 3 aliphatic rings. The van der Waals surface area contributed by atoms with Crippen LogP contribution in [-0.4, -0.2) is 54.8 Å². The quantitative estimate of drug-likeness (QED) is 0.737. The predicted molar refractivity (Wildman–Crippen MR) is 101 cm³/mol. The number of fused-ring (bicyclic) bond motifs is 2. The first-order chi connectivity index (χ1) is 13.5. The van der Waals surface area contributed by atoms with Crippen LogP contribution in [0.3, 0.4) is 0 Å². The molecule has 0 spiro atoms. The smallest absolute Gasteiger partial charge is 0.243 e. The highest BCUT2D eigenvalue weighted by molar-refractivity contribution is 6.07. The second-order valence-corrected chi connectivity index (χ2v) is 7.80. The Morgan fingerprint density at radius 1 is 1.00 bits per heavy atom. The van der Waals surface area contributed by atoms with Crippen molar-refractivity contribution in [2.45, 2.75) is 38.6 Å². The van der Waals surface area contributed by atoms with Gasteiger partial charge in [-0.15, -0.1) is 0 Å². The number of rotatable bonds is 4. The molecule has 0 bridgehead atoms. The van der Waals surface area contributed by atoms with Gasteiger partial charge >= 0.3 is 0 Å². The Hall–Kier alpha value is -2.57. The average Bonchev–Trinajstić information content (AvgIpc) is 2.97. The molecule has 1 aliphatic carbocycles. The van der Waals surface area contributed by atoms with Crippen molar-refractivity contribution in [3.63, 3.8) is 0 Å². The minimum atomic E-state index is -0.215. The van der Waals surface area contributed by atoms with Crippen molar-refractivity contribution in [2.75, 3.05) is 27.3 Å². The van der Waals surface area contributed by atoms with Crippen LogP contribution < -0.4 is 9.47 Å². The van der Waals surface area contributed by atoms with E-state index in [1.54, 1.807) is 19.1 Å². The van der Waals surface area contributed by atoms with Gasteiger partial charge in [-0.05, 0) is 42.5 Å². The Morgan fingerprint density at radius 2 is 1.57 bits per heavy atom. The first kappa shape index (κ1) is 18.8. The van der Waals surface area contributed by atoms with Crippen molar-refractivity contribution in [2.24, 2.45) is 11.8 Å². The largest absolute Gasteiger partial charge is 0.493 e. The Labute approximate surface area is 164 Å². The average molecular weight is 386 g/mol. The maximum atomic E-state index is 12.9. The first-order valence-corrected chi connectivity index (χ1v) is 9.90. The topological polar surface area (TPSA) is 76.2 Å². The lowest BCUT2D eigenvalue weighted by Crippen LogP contribution is -2.44. The lowest BCUT2D eigenvalue weighted by Gasteiger charge is -2.30. The number of likely N-dealkylation sites (tertiary alicyclic amines) is 1. The van der Waals surface area contributed by atoms with Gasteiger partial charge in [0.05, 0.1) is 26.1 Å². The first-order valence-electron chi connectivity index (χ1n) is 9.90. The van der Waals surface area contributed by atoms with E-state index in [0.29, 0.717) is 31.0 Å². The summed E-state index contributed by atoms with van der Waals surface area (Å²) in [6, 6.07) is 3.85. The Kier molecular flexibility index (Phi) is 5.00. The molecule has 2 fully saturated rings. The van der Waals surface area contributed by atoms with Crippen LogP contribution in [0.25, 0.3) is 0 Å². The number of amides is 3. The third-order valence-corrected chi connectivity index (χ3v) is 6.30. The van der Waals surface area contributed by atoms with E-state index in [2.05, 4.69) is 0 Å². The van der Waals surface area contributed by atoms with E-state index < -0.39 is 0 Å². The van der Waals surface area contributed by atoms with E-state index in [0.717, 1.165) is 36.8 Å². The summed E-state index contributed by atoms with van der Waals surface area (Å²) in [6.45, 7) is 0.856. The lowest BCUT2D eigenvalue weighted by atomic mass is 9.81. The second kappa shape index (κ2) is 7.45. The minimum absolute atomic E-state index is 0.146. The number of carbonyl (C=O) groups is 3. The van der Waals surface area contributed by atoms with Crippen LogP contribution in [0.2, 0.25) is 0 Å². The van der Waals surface area contributed by atoms with E-state index >= 15 is 0 Å². The molecular weight excluding hydrogens is 360 g/mol. The lowest BCUT2D eigenvalue weighted by molar-refractivity contribution is -0.146. The molecule has 2 atom stereocenters. The molecule has 2 heterocycles.